The standard InChI is InChI=1S/C17H19N5O3/c23-14-6-2-1-5-13(14)17(25)21-20-16(24)12-4-3-9-22(11-12)15-10-18-7-8-19-15/h1-2,5-8,10,12,23H,3-4,9,11H2,(H,20,24)(H,21,25). The third kappa shape index (κ3) is 4.03. The van der Waals surface area contributed by atoms with E-state index in [9.17, 15) is 14.7 Å². The van der Waals surface area contributed by atoms with Gasteiger partial charge in [0.05, 0.1) is 17.7 Å². The van der Waals surface area contributed by atoms with Crippen molar-refractivity contribution in [3.8, 4) is 5.75 Å². The first kappa shape index (κ1) is 16.7. The van der Waals surface area contributed by atoms with Gasteiger partial charge in [-0.2, -0.15) is 0 Å². The van der Waals surface area contributed by atoms with Crippen molar-refractivity contribution < 1.29 is 14.7 Å². The summed E-state index contributed by atoms with van der Waals surface area (Å²) in [6, 6.07) is 6.15. The number of rotatable bonds is 3. The van der Waals surface area contributed by atoms with E-state index in [1.807, 2.05) is 4.90 Å². The van der Waals surface area contributed by atoms with Crippen molar-refractivity contribution in [2.45, 2.75) is 12.8 Å². The lowest BCUT2D eigenvalue weighted by atomic mass is 9.97. The zero-order chi connectivity index (χ0) is 17.6. The molecule has 1 fully saturated rings. The number of phenols is 1. The second-order valence-corrected chi connectivity index (χ2v) is 5.81. The summed E-state index contributed by atoms with van der Waals surface area (Å²) in [5, 5.41) is 9.66. The van der Waals surface area contributed by atoms with Crippen molar-refractivity contribution in [1.29, 1.82) is 0 Å². The molecule has 130 valence electrons. The fourth-order valence-electron chi connectivity index (χ4n) is 2.81. The molecule has 2 amide bonds. The Hall–Kier alpha value is -3.16. The number of hydrogen-bond donors (Lipinski definition) is 3. The van der Waals surface area contributed by atoms with Crippen LogP contribution in [-0.4, -0.2) is 40.0 Å². The van der Waals surface area contributed by atoms with Crippen LogP contribution in [0.25, 0.3) is 0 Å². The highest BCUT2D eigenvalue weighted by molar-refractivity contribution is 5.97. The van der Waals surface area contributed by atoms with E-state index in [0.29, 0.717) is 6.54 Å². The van der Waals surface area contributed by atoms with Crippen molar-refractivity contribution in [1.82, 2.24) is 20.8 Å². The number of amides is 2. The number of aromatic nitrogens is 2. The van der Waals surface area contributed by atoms with E-state index in [4.69, 9.17) is 0 Å². The highest BCUT2D eigenvalue weighted by Crippen LogP contribution is 2.21. The molecule has 25 heavy (non-hydrogen) atoms. The van der Waals surface area contributed by atoms with Crippen LogP contribution in [0.3, 0.4) is 0 Å². The van der Waals surface area contributed by atoms with Gasteiger partial charge < -0.3 is 10.0 Å². The van der Waals surface area contributed by atoms with Crippen LogP contribution in [0.2, 0.25) is 0 Å². The largest absolute Gasteiger partial charge is 0.507 e. The number of benzene rings is 1. The Bertz CT molecular complexity index is 753. The maximum Gasteiger partial charge on any atom is 0.273 e. The fraction of sp³-hybridized carbons (Fsp3) is 0.294. The number of nitrogens with one attached hydrogen (secondary N) is 2. The van der Waals surface area contributed by atoms with Crippen LogP contribution in [0.15, 0.2) is 42.9 Å². The smallest absolute Gasteiger partial charge is 0.273 e. The van der Waals surface area contributed by atoms with E-state index >= 15 is 0 Å². The predicted octanol–water partition coefficient (Wildman–Crippen LogP) is 0.860. The summed E-state index contributed by atoms with van der Waals surface area (Å²) in [6.07, 6.45) is 6.47. The Morgan fingerprint density at radius 3 is 2.80 bits per heavy atom. The molecule has 1 saturated heterocycles. The second-order valence-electron chi connectivity index (χ2n) is 5.81. The molecule has 8 nitrogen and oxygen atoms in total. The van der Waals surface area contributed by atoms with Gasteiger partial charge in [-0.1, -0.05) is 12.1 Å². The molecule has 1 atom stereocenters. The molecule has 3 rings (SSSR count). The summed E-state index contributed by atoms with van der Waals surface area (Å²) in [5.74, 6) is -0.496. The van der Waals surface area contributed by atoms with Gasteiger partial charge in [0.25, 0.3) is 5.91 Å². The van der Waals surface area contributed by atoms with Gasteiger partial charge in [0.2, 0.25) is 5.91 Å². The van der Waals surface area contributed by atoms with Gasteiger partial charge >= 0.3 is 0 Å². The van der Waals surface area contributed by atoms with Crippen LogP contribution in [0.1, 0.15) is 23.2 Å². The molecule has 2 heterocycles. The molecule has 0 radical (unpaired) electrons. The molecule has 3 N–H and O–H groups in total. The molecule has 0 aliphatic carbocycles. The lowest BCUT2D eigenvalue weighted by Crippen LogP contribution is -2.49. The molecule has 2 aromatic rings. The summed E-state index contributed by atoms with van der Waals surface area (Å²) >= 11 is 0. The van der Waals surface area contributed by atoms with Crippen LogP contribution >= 0.6 is 0 Å². The number of phenolic OH excluding ortho intramolecular Hbond substituents is 1. The summed E-state index contributed by atoms with van der Waals surface area (Å²) in [6.45, 7) is 1.32. The SMILES string of the molecule is O=C(NNC(=O)C1CCCN(c2cnccn2)C1)c1ccccc1O. The molecular weight excluding hydrogens is 322 g/mol. The molecule has 0 bridgehead atoms. The highest BCUT2D eigenvalue weighted by Gasteiger charge is 2.27. The molecule has 1 aliphatic heterocycles. The quantitative estimate of drug-likeness (QED) is 0.715. The Morgan fingerprint density at radius 2 is 2.04 bits per heavy atom. The van der Waals surface area contributed by atoms with E-state index in [0.717, 1.165) is 25.2 Å². The summed E-state index contributed by atoms with van der Waals surface area (Å²) in [4.78, 5) is 34.7. The minimum absolute atomic E-state index is 0.104. The number of carbonyl (C=O) groups is 2. The topological polar surface area (TPSA) is 107 Å². The first-order valence-electron chi connectivity index (χ1n) is 8.04. The molecule has 1 aromatic heterocycles. The van der Waals surface area contributed by atoms with Crippen LogP contribution in [0.5, 0.6) is 5.75 Å². The van der Waals surface area contributed by atoms with Gasteiger partial charge in [0.15, 0.2) is 0 Å². The molecule has 1 aromatic carbocycles. The lowest BCUT2D eigenvalue weighted by Gasteiger charge is -2.32. The van der Waals surface area contributed by atoms with E-state index in [1.54, 1.807) is 30.7 Å². The Labute approximate surface area is 144 Å². The van der Waals surface area contributed by atoms with Crippen LogP contribution in [0, 0.1) is 5.92 Å². The Morgan fingerprint density at radius 1 is 1.20 bits per heavy atom. The van der Waals surface area contributed by atoms with E-state index in [-0.39, 0.29) is 23.1 Å². The molecule has 0 saturated carbocycles. The number of carbonyl (C=O) groups excluding carboxylic acids is 2. The molecule has 8 heteroatoms. The zero-order valence-electron chi connectivity index (χ0n) is 13.6. The van der Waals surface area contributed by atoms with Gasteiger partial charge in [0, 0.05) is 25.5 Å². The summed E-state index contributed by atoms with van der Waals surface area (Å²) in [5.41, 5.74) is 4.89. The van der Waals surface area contributed by atoms with Crippen LogP contribution < -0.4 is 15.8 Å². The van der Waals surface area contributed by atoms with E-state index in [1.165, 1.54) is 12.1 Å². The number of aromatic hydroxyl groups is 1. The Kier molecular flexibility index (Phi) is 5.08. The van der Waals surface area contributed by atoms with Crippen molar-refractivity contribution in [3.63, 3.8) is 0 Å². The number of hydrogen-bond acceptors (Lipinski definition) is 6. The zero-order valence-corrected chi connectivity index (χ0v) is 13.6. The maximum absolute atomic E-state index is 12.3. The predicted molar refractivity (Wildman–Crippen MR) is 90.7 cm³/mol. The number of para-hydroxylation sites is 1. The number of piperidine rings is 1. The van der Waals surface area contributed by atoms with Crippen molar-refractivity contribution in [3.05, 3.63) is 48.4 Å². The summed E-state index contributed by atoms with van der Waals surface area (Å²) < 4.78 is 0. The first-order chi connectivity index (χ1) is 12.1. The maximum atomic E-state index is 12.3. The third-order valence-electron chi connectivity index (χ3n) is 4.11. The third-order valence-corrected chi connectivity index (χ3v) is 4.11. The van der Waals surface area contributed by atoms with Gasteiger partial charge in [-0.3, -0.25) is 25.4 Å². The average molecular weight is 341 g/mol. The number of anilines is 1. The van der Waals surface area contributed by atoms with Crippen molar-refractivity contribution in [2.75, 3.05) is 18.0 Å². The first-order valence-corrected chi connectivity index (χ1v) is 8.04. The van der Waals surface area contributed by atoms with Gasteiger partial charge in [-0.25, -0.2) is 4.98 Å². The average Bonchev–Trinajstić information content (AvgIpc) is 2.67. The molecule has 0 spiro atoms. The summed E-state index contributed by atoms with van der Waals surface area (Å²) in [7, 11) is 0. The lowest BCUT2D eigenvalue weighted by molar-refractivity contribution is -0.126. The highest BCUT2D eigenvalue weighted by atomic mass is 16.3. The second kappa shape index (κ2) is 7.61. The fourth-order valence-corrected chi connectivity index (χ4v) is 2.81. The Balaban J connectivity index is 1.56. The normalized spacial score (nSPS) is 17.0. The van der Waals surface area contributed by atoms with E-state index < -0.39 is 5.91 Å². The van der Waals surface area contributed by atoms with Gasteiger partial charge in [0.1, 0.15) is 11.6 Å². The number of nitrogens with zero attached hydrogens (tertiary/aromatic N) is 3. The van der Waals surface area contributed by atoms with Crippen LogP contribution in [0.4, 0.5) is 5.82 Å². The van der Waals surface area contributed by atoms with Crippen LogP contribution in [-0.2, 0) is 4.79 Å². The monoisotopic (exact) mass is 341 g/mol. The number of hydrazine groups is 1. The van der Waals surface area contributed by atoms with Gasteiger partial charge in [-0.15, -0.1) is 0 Å². The minimum Gasteiger partial charge on any atom is -0.507 e. The minimum atomic E-state index is -0.562. The van der Waals surface area contributed by atoms with Gasteiger partial charge in [-0.05, 0) is 25.0 Å². The molecule has 1 aliphatic rings. The van der Waals surface area contributed by atoms with E-state index in [2.05, 4.69) is 20.8 Å². The molecular formula is C17H19N5O3. The van der Waals surface area contributed by atoms with Crippen molar-refractivity contribution >= 4 is 17.6 Å². The van der Waals surface area contributed by atoms with Crippen molar-refractivity contribution in [2.24, 2.45) is 5.92 Å². The molecule has 1 unspecified atom stereocenters.